The van der Waals surface area contributed by atoms with Crippen molar-refractivity contribution in [3.05, 3.63) is 0 Å². The van der Waals surface area contributed by atoms with Crippen molar-refractivity contribution >= 4 is 23.5 Å². The predicted molar refractivity (Wildman–Crippen MR) is 45.8 cm³/mol. The van der Waals surface area contributed by atoms with E-state index < -0.39 is 17.9 Å². The molecule has 1 saturated heterocycles. The summed E-state index contributed by atoms with van der Waals surface area (Å²) in [7, 11) is 1.28. The molecule has 12 heavy (non-hydrogen) atoms. The number of Topliss-reactive ketones (excluding diaryl/α,β-unsaturated/α-hetero) is 1. The van der Waals surface area contributed by atoms with Crippen molar-refractivity contribution in [3.8, 4) is 0 Å². The molecule has 0 aromatic heterocycles. The minimum absolute atomic E-state index is 0.194. The number of esters is 1. The Morgan fingerprint density at radius 3 is 2.92 bits per heavy atom. The molecular formula is C7H11NO3S. The van der Waals surface area contributed by atoms with Gasteiger partial charge in [0, 0.05) is 11.5 Å². The monoisotopic (exact) mass is 189 g/mol. The Kier molecular flexibility index (Phi) is 3.11. The molecule has 0 bridgehead atoms. The third kappa shape index (κ3) is 1.78. The number of ether oxygens (including phenoxy) is 1. The van der Waals surface area contributed by atoms with Gasteiger partial charge in [-0.2, -0.15) is 11.8 Å². The van der Waals surface area contributed by atoms with Crippen LogP contribution in [0.3, 0.4) is 0 Å². The van der Waals surface area contributed by atoms with Crippen molar-refractivity contribution < 1.29 is 14.3 Å². The molecule has 1 fully saturated rings. The first-order valence-electron chi connectivity index (χ1n) is 3.61. The standard InChI is InChI=1S/C7H11NO3S/c1-11-7(10)4-2-12-3-5(8)6(4)9/h4-5H,2-3,8H2,1H3. The summed E-state index contributed by atoms with van der Waals surface area (Å²) in [6, 6.07) is -0.507. The summed E-state index contributed by atoms with van der Waals surface area (Å²) < 4.78 is 4.48. The van der Waals surface area contributed by atoms with Gasteiger partial charge in [-0.1, -0.05) is 0 Å². The minimum Gasteiger partial charge on any atom is -0.468 e. The van der Waals surface area contributed by atoms with Crippen LogP contribution in [0, 0.1) is 5.92 Å². The van der Waals surface area contributed by atoms with E-state index in [0.29, 0.717) is 11.5 Å². The number of hydrogen-bond donors (Lipinski definition) is 1. The summed E-state index contributed by atoms with van der Waals surface area (Å²) in [5, 5.41) is 0. The molecular weight excluding hydrogens is 178 g/mol. The average Bonchev–Trinajstić information content (AvgIpc) is 2.08. The smallest absolute Gasteiger partial charge is 0.317 e. The van der Waals surface area contributed by atoms with Crippen molar-refractivity contribution in [3.63, 3.8) is 0 Å². The van der Waals surface area contributed by atoms with Gasteiger partial charge in [-0.15, -0.1) is 0 Å². The van der Waals surface area contributed by atoms with E-state index in [9.17, 15) is 9.59 Å². The number of thioether (sulfide) groups is 1. The van der Waals surface area contributed by atoms with Crippen LogP contribution in [-0.4, -0.2) is 36.4 Å². The van der Waals surface area contributed by atoms with Gasteiger partial charge in [-0.25, -0.2) is 0 Å². The number of ketones is 1. The van der Waals surface area contributed by atoms with Crippen LogP contribution in [0.2, 0.25) is 0 Å². The largest absolute Gasteiger partial charge is 0.468 e. The van der Waals surface area contributed by atoms with Gasteiger partial charge in [0.2, 0.25) is 0 Å². The maximum absolute atomic E-state index is 11.3. The number of hydrogen-bond acceptors (Lipinski definition) is 5. The SMILES string of the molecule is COC(=O)C1CSCC(N)C1=O. The summed E-state index contributed by atoms with van der Waals surface area (Å²) >= 11 is 1.51. The zero-order valence-corrected chi connectivity index (χ0v) is 7.60. The van der Waals surface area contributed by atoms with E-state index in [0.717, 1.165) is 0 Å². The first-order chi connectivity index (χ1) is 5.66. The van der Waals surface area contributed by atoms with Crippen LogP contribution >= 0.6 is 11.8 Å². The molecule has 0 saturated carbocycles. The minimum atomic E-state index is -0.649. The second-order valence-electron chi connectivity index (χ2n) is 2.62. The van der Waals surface area contributed by atoms with Crippen LogP contribution in [0.1, 0.15) is 0 Å². The Hall–Kier alpha value is -0.550. The predicted octanol–water partition coefficient (Wildman–Crippen LogP) is -0.581. The van der Waals surface area contributed by atoms with Gasteiger partial charge in [0.25, 0.3) is 0 Å². The van der Waals surface area contributed by atoms with E-state index in [1.165, 1.54) is 18.9 Å². The first-order valence-corrected chi connectivity index (χ1v) is 4.77. The average molecular weight is 189 g/mol. The fourth-order valence-electron chi connectivity index (χ4n) is 1.06. The van der Waals surface area contributed by atoms with Crippen molar-refractivity contribution in [1.82, 2.24) is 0 Å². The molecule has 0 spiro atoms. The van der Waals surface area contributed by atoms with Gasteiger partial charge in [-0.3, -0.25) is 9.59 Å². The van der Waals surface area contributed by atoms with Gasteiger partial charge in [-0.05, 0) is 0 Å². The van der Waals surface area contributed by atoms with Crippen LogP contribution < -0.4 is 5.73 Å². The Morgan fingerprint density at radius 1 is 1.67 bits per heavy atom. The van der Waals surface area contributed by atoms with E-state index >= 15 is 0 Å². The highest BCUT2D eigenvalue weighted by molar-refractivity contribution is 7.99. The lowest BCUT2D eigenvalue weighted by atomic mass is 10.0. The molecule has 2 atom stereocenters. The zero-order chi connectivity index (χ0) is 9.14. The maximum atomic E-state index is 11.3. The van der Waals surface area contributed by atoms with Crippen LogP contribution in [-0.2, 0) is 14.3 Å². The van der Waals surface area contributed by atoms with Crippen molar-refractivity contribution in [2.75, 3.05) is 18.6 Å². The molecule has 1 heterocycles. The van der Waals surface area contributed by atoms with Crippen molar-refractivity contribution in [2.45, 2.75) is 6.04 Å². The highest BCUT2D eigenvalue weighted by Crippen LogP contribution is 2.19. The molecule has 1 aliphatic heterocycles. The Morgan fingerprint density at radius 2 is 2.33 bits per heavy atom. The third-order valence-corrected chi connectivity index (χ3v) is 2.94. The lowest BCUT2D eigenvalue weighted by molar-refractivity contribution is -0.148. The van der Waals surface area contributed by atoms with E-state index in [1.54, 1.807) is 0 Å². The Balaban J connectivity index is 2.64. The Bertz CT molecular complexity index is 207. The Labute approximate surface area is 74.8 Å². The highest BCUT2D eigenvalue weighted by Gasteiger charge is 2.34. The molecule has 0 amide bonds. The lowest BCUT2D eigenvalue weighted by Gasteiger charge is -2.22. The number of carbonyl (C=O) groups is 2. The van der Waals surface area contributed by atoms with E-state index in [-0.39, 0.29) is 5.78 Å². The second-order valence-corrected chi connectivity index (χ2v) is 3.70. The molecule has 5 heteroatoms. The van der Waals surface area contributed by atoms with Crippen LogP contribution in [0.5, 0.6) is 0 Å². The summed E-state index contributed by atoms with van der Waals surface area (Å²) in [6.45, 7) is 0. The number of nitrogens with two attached hydrogens (primary N) is 1. The van der Waals surface area contributed by atoms with E-state index in [1.807, 2.05) is 0 Å². The van der Waals surface area contributed by atoms with Gasteiger partial charge < -0.3 is 10.5 Å². The normalized spacial score (nSPS) is 30.0. The molecule has 2 unspecified atom stereocenters. The molecule has 68 valence electrons. The second kappa shape index (κ2) is 3.91. The molecule has 1 rings (SSSR count). The number of carbonyl (C=O) groups excluding carboxylic acids is 2. The van der Waals surface area contributed by atoms with Crippen LogP contribution in [0.25, 0.3) is 0 Å². The molecule has 1 aliphatic rings. The molecule has 2 N–H and O–H groups in total. The molecule has 0 aliphatic carbocycles. The quantitative estimate of drug-likeness (QED) is 0.441. The van der Waals surface area contributed by atoms with Gasteiger partial charge >= 0.3 is 5.97 Å². The van der Waals surface area contributed by atoms with E-state index in [2.05, 4.69) is 4.74 Å². The maximum Gasteiger partial charge on any atom is 0.317 e. The summed E-state index contributed by atoms with van der Waals surface area (Å²) in [6.07, 6.45) is 0. The fraction of sp³-hybridized carbons (Fsp3) is 0.714. The summed E-state index contributed by atoms with van der Waals surface area (Å²) in [5.41, 5.74) is 5.48. The molecule has 0 aromatic carbocycles. The number of methoxy groups -OCH3 is 1. The van der Waals surface area contributed by atoms with Gasteiger partial charge in [0.05, 0.1) is 13.2 Å². The summed E-state index contributed by atoms with van der Waals surface area (Å²) in [4.78, 5) is 22.3. The van der Waals surface area contributed by atoms with Crippen molar-refractivity contribution in [2.24, 2.45) is 11.7 Å². The molecule has 0 radical (unpaired) electrons. The van der Waals surface area contributed by atoms with Gasteiger partial charge in [0.15, 0.2) is 5.78 Å². The molecule has 4 nitrogen and oxygen atoms in total. The van der Waals surface area contributed by atoms with E-state index in [4.69, 9.17) is 5.73 Å². The number of rotatable bonds is 1. The van der Waals surface area contributed by atoms with Crippen molar-refractivity contribution in [1.29, 1.82) is 0 Å². The summed E-state index contributed by atoms with van der Waals surface area (Å²) in [5.74, 6) is -0.210. The fourth-order valence-corrected chi connectivity index (χ4v) is 2.15. The van der Waals surface area contributed by atoms with Crippen LogP contribution in [0.4, 0.5) is 0 Å². The zero-order valence-electron chi connectivity index (χ0n) is 6.78. The van der Waals surface area contributed by atoms with Gasteiger partial charge in [0.1, 0.15) is 5.92 Å². The first kappa shape index (κ1) is 9.54. The third-order valence-electron chi connectivity index (χ3n) is 1.78. The lowest BCUT2D eigenvalue weighted by Crippen LogP contribution is -2.45. The molecule has 0 aromatic rings. The topological polar surface area (TPSA) is 69.4 Å². The highest BCUT2D eigenvalue weighted by atomic mass is 32.2. The van der Waals surface area contributed by atoms with Crippen LogP contribution in [0.15, 0.2) is 0 Å².